The second-order valence-corrected chi connectivity index (χ2v) is 4.78. The van der Waals surface area contributed by atoms with Gasteiger partial charge in [-0.2, -0.15) is 0 Å². The van der Waals surface area contributed by atoms with Gasteiger partial charge < -0.3 is 9.47 Å². The van der Waals surface area contributed by atoms with E-state index in [0.29, 0.717) is 17.4 Å². The minimum Gasteiger partial charge on any atom is -0.491 e. The number of rotatable bonds is 5. The summed E-state index contributed by atoms with van der Waals surface area (Å²) in [5.41, 5.74) is 0.862. The number of hydrogen-bond donors (Lipinski definition) is 0. The Morgan fingerprint density at radius 2 is 2.05 bits per heavy atom. The largest absolute Gasteiger partial charge is 0.491 e. The molecule has 1 aromatic carbocycles. The van der Waals surface area contributed by atoms with Crippen LogP contribution in [0.5, 0.6) is 11.5 Å². The summed E-state index contributed by atoms with van der Waals surface area (Å²) in [6.07, 6.45) is 1.86. The Bertz CT molecular complexity index is 529. The molecule has 2 rings (SSSR count). The maximum absolute atomic E-state index is 6.15. The fraction of sp³-hybridized carbons (Fsp3) is 0.267. The predicted molar refractivity (Wildman–Crippen MR) is 75.8 cm³/mol. The molecule has 1 heterocycles. The normalized spacial score (nSPS) is 10.5. The molecule has 0 spiro atoms. The first kappa shape index (κ1) is 13.7. The lowest BCUT2D eigenvalue weighted by atomic mass is 10.3. The molecule has 0 aliphatic rings. The van der Waals surface area contributed by atoms with Crippen molar-refractivity contribution in [2.24, 2.45) is 0 Å². The van der Waals surface area contributed by atoms with Crippen molar-refractivity contribution in [2.75, 3.05) is 0 Å². The van der Waals surface area contributed by atoms with Crippen LogP contribution in [0.2, 0.25) is 5.02 Å². The van der Waals surface area contributed by atoms with E-state index in [1.54, 1.807) is 12.3 Å². The topological polar surface area (TPSA) is 31.4 Å². The van der Waals surface area contributed by atoms with Gasteiger partial charge in [-0.05, 0) is 38.1 Å². The maximum atomic E-state index is 6.15. The second-order valence-electron chi connectivity index (χ2n) is 4.37. The van der Waals surface area contributed by atoms with Gasteiger partial charge in [0.25, 0.3) is 0 Å². The lowest BCUT2D eigenvalue weighted by Gasteiger charge is -2.12. The highest BCUT2D eigenvalue weighted by Gasteiger charge is 2.05. The van der Waals surface area contributed by atoms with Crippen LogP contribution in [0.15, 0.2) is 42.6 Å². The van der Waals surface area contributed by atoms with E-state index in [4.69, 9.17) is 21.1 Å². The predicted octanol–water partition coefficient (Wildman–Crippen LogP) is 4.10. The number of aromatic nitrogens is 1. The van der Waals surface area contributed by atoms with Crippen LogP contribution in [-0.2, 0) is 6.61 Å². The summed E-state index contributed by atoms with van der Waals surface area (Å²) in [4.78, 5) is 4.19. The third-order valence-electron chi connectivity index (χ3n) is 2.38. The lowest BCUT2D eigenvalue weighted by molar-refractivity contribution is 0.241. The van der Waals surface area contributed by atoms with Crippen LogP contribution in [0.25, 0.3) is 0 Å². The smallest absolute Gasteiger partial charge is 0.138 e. The van der Waals surface area contributed by atoms with E-state index in [9.17, 15) is 0 Å². The molecule has 0 radical (unpaired) electrons. The van der Waals surface area contributed by atoms with Crippen molar-refractivity contribution in [3.63, 3.8) is 0 Å². The molecular weight excluding hydrogens is 262 g/mol. The van der Waals surface area contributed by atoms with E-state index in [-0.39, 0.29) is 6.10 Å². The van der Waals surface area contributed by atoms with Crippen LogP contribution < -0.4 is 9.47 Å². The second kappa shape index (κ2) is 6.43. The lowest BCUT2D eigenvalue weighted by Crippen LogP contribution is -2.05. The van der Waals surface area contributed by atoms with Gasteiger partial charge in [-0.1, -0.05) is 17.7 Å². The summed E-state index contributed by atoms with van der Waals surface area (Å²) in [6, 6.07) is 11.1. The Morgan fingerprint density at radius 1 is 1.21 bits per heavy atom. The Labute approximate surface area is 118 Å². The van der Waals surface area contributed by atoms with Crippen molar-refractivity contribution < 1.29 is 9.47 Å². The van der Waals surface area contributed by atoms with Gasteiger partial charge in [0.2, 0.25) is 0 Å². The van der Waals surface area contributed by atoms with Crippen molar-refractivity contribution in [1.29, 1.82) is 0 Å². The zero-order valence-corrected chi connectivity index (χ0v) is 11.7. The Kier molecular flexibility index (Phi) is 4.63. The third kappa shape index (κ3) is 4.14. The number of hydrogen-bond acceptors (Lipinski definition) is 3. The van der Waals surface area contributed by atoms with Crippen molar-refractivity contribution in [2.45, 2.75) is 26.6 Å². The first-order valence-electron chi connectivity index (χ1n) is 6.14. The van der Waals surface area contributed by atoms with E-state index in [0.717, 1.165) is 11.4 Å². The molecule has 2 aromatic rings. The van der Waals surface area contributed by atoms with E-state index in [2.05, 4.69) is 4.98 Å². The number of pyridine rings is 1. The van der Waals surface area contributed by atoms with E-state index >= 15 is 0 Å². The van der Waals surface area contributed by atoms with Gasteiger partial charge in [0, 0.05) is 12.3 Å². The molecule has 0 aliphatic carbocycles. The SMILES string of the molecule is CC(C)Oc1ccc(OCc2ccccn2)c(Cl)c1. The van der Waals surface area contributed by atoms with Crippen molar-refractivity contribution in [1.82, 2.24) is 4.98 Å². The summed E-state index contributed by atoms with van der Waals surface area (Å²) >= 11 is 6.15. The molecule has 0 saturated heterocycles. The fourth-order valence-corrected chi connectivity index (χ4v) is 1.80. The standard InChI is InChI=1S/C15H16ClNO2/c1-11(2)19-13-6-7-15(14(16)9-13)18-10-12-5-3-4-8-17-12/h3-9,11H,10H2,1-2H3. The van der Waals surface area contributed by atoms with Crippen LogP contribution in [0.3, 0.4) is 0 Å². The molecule has 1 aromatic heterocycles. The average molecular weight is 278 g/mol. The van der Waals surface area contributed by atoms with Crippen LogP contribution in [0.1, 0.15) is 19.5 Å². The highest BCUT2D eigenvalue weighted by molar-refractivity contribution is 6.32. The molecule has 0 aliphatic heterocycles. The van der Waals surface area contributed by atoms with Gasteiger partial charge >= 0.3 is 0 Å². The van der Waals surface area contributed by atoms with Gasteiger partial charge in [-0.3, -0.25) is 4.98 Å². The molecule has 0 atom stereocenters. The minimum absolute atomic E-state index is 0.122. The Balaban J connectivity index is 2.01. The number of nitrogens with zero attached hydrogens (tertiary/aromatic N) is 1. The van der Waals surface area contributed by atoms with E-state index in [1.165, 1.54) is 0 Å². The highest BCUT2D eigenvalue weighted by atomic mass is 35.5. The molecule has 3 nitrogen and oxygen atoms in total. The quantitative estimate of drug-likeness (QED) is 0.824. The summed E-state index contributed by atoms with van der Waals surface area (Å²) < 4.78 is 11.2. The molecule has 0 N–H and O–H groups in total. The highest BCUT2D eigenvalue weighted by Crippen LogP contribution is 2.29. The minimum atomic E-state index is 0.122. The third-order valence-corrected chi connectivity index (χ3v) is 2.67. The average Bonchev–Trinajstić information content (AvgIpc) is 2.38. The maximum Gasteiger partial charge on any atom is 0.138 e. The summed E-state index contributed by atoms with van der Waals surface area (Å²) in [5.74, 6) is 1.37. The zero-order chi connectivity index (χ0) is 13.7. The van der Waals surface area contributed by atoms with Gasteiger partial charge in [-0.15, -0.1) is 0 Å². The van der Waals surface area contributed by atoms with E-state index in [1.807, 2.05) is 44.2 Å². The summed E-state index contributed by atoms with van der Waals surface area (Å²) in [5, 5.41) is 0.536. The van der Waals surface area contributed by atoms with Gasteiger partial charge in [0.15, 0.2) is 0 Å². The first-order chi connectivity index (χ1) is 9.15. The summed E-state index contributed by atoms with van der Waals surface area (Å²) in [7, 11) is 0. The molecule has 0 fully saturated rings. The number of ether oxygens (including phenoxy) is 2. The monoisotopic (exact) mass is 277 g/mol. The Hall–Kier alpha value is -1.74. The van der Waals surface area contributed by atoms with Gasteiger partial charge in [-0.25, -0.2) is 0 Å². The first-order valence-corrected chi connectivity index (χ1v) is 6.52. The van der Waals surface area contributed by atoms with Crippen LogP contribution in [0.4, 0.5) is 0 Å². The molecule has 0 bridgehead atoms. The van der Waals surface area contributed by atoms with Gasteiger partial charge in [0.1, 0.15) is 18.1 Å². The molecule has 0 unspecified atom stereocenters. The zero-order valence-electron chi connectivity index (χ0n) is 11.0. The van der Waals surface area contributed by atoms with Gasteiger partial charge in [0.05, 0.1) is 16.8 Å². The molecule has 19 heavy (non-hydrogen) atoms. The Morgan fingerprint density at radius 3 is 2.68 bits per heavy atom. The number of halogens is 1. The fourth-order valence-electron chi connectivity index (χ4n) is 1.58. The van der Waals surface area contributed by atoms with Crippen molar-refractivity contribution in [3.05, 3.63) is 53.3 Å². The molecule has 0 amide bonds. The van der Waals surface area contributed by atoms with Crippen LogP contribution >= 0.6 is 11.6 Å². The van der Waals surface area contributed by atoms with Crippen LogP contribution in [-0.4, -0.2) is 11.1 Å². The molecule has 0 saturated carbocycles. The molecule has 4 heteroatoms. The number of benzene rings is 1. The van der Waals surface area contributed by atoms with Crippen molar-refractivity contribution in [3.8, 4) is 11.5 Å². The van der Waals surface area contributed by atoms with Crippen molar-refractivity contribution >= 4 is 11.6 Å². The molecular formula is C15H16ClNO2. The summed E-state index contributed by atoms with van der Waals surface area (Å²) in [6.45, 7) is 4.34. The van der Waals surface area contributed by atoms with E-state index < -0.39 is 0 Å². The van der Waals surface area contributed by atoms with Crippen LogP contribution in [0, 0.1) is 0 Å². The molecule has 100 valence electrons.